The first kappa shape index (κ1) is 19.5. The van der Waals surface area contributed by atoms with E-state index >= 15 is 0 Å². The second-order valence-electron chi connectivity index (χ2n) is 6.06. The molecule has 25 heavy (non-hydrogen) atoms. The van der Waals surface area contributed by atoms with Crippen molar-refractivity contribution in [2.75, 3.05) is 0 Å². The maximum Gasteiger partial charge on any atom is 0.322 e. The fourth-order valence-corrected chi connectivity index (χ4v) is 4.33. The van der Waals surface area contributed by atoms with Gasteiger partial charge in [-0.05, 0) is 56.0 Å². The number of aryl methyl sites for hydroxylation is 2. The minimum atomic E-state index is -3.88. The van der Waals surface area contributed by atoms with Crippen molar-refractivity contribution >= 4 is 27.4 Å². The van der Waals surface area contributed by atoms with E-state index in [1.165, 1.54) is 12.1 Å². The van der Waals surface area contributed by atoms with Crippen LogP contribution < -0.4 is 0 Å². The van der Waals surface area contributed by atoms with Crippen molar-refractivity contribution in [1.29, 1.82) is 0 Å². The molecule has 0 fully saturated rings. The van der Waals surface area contributed by atoms with E-state index in [4.69, 9.17) is 11.6 Å². The first-order valence-electron chi connectivity index (χ1n) is 8.08. The molecule has 0 spiro atoms. The van der Waals surface area contributed by atoms with Crippen LogP contribution in [0.2, 0.25) is 5.02 Å². The van der Waals surface area contributed by atoms with Gasteiger partial charge in [0.25, 0.3) is 0 Å². The Labute approximate surface area is 153 Å². The van der Waals surface area contributed by atoms with Crippen molar-refractivity contribution < 1.29 is 18.3 Å². The molecule has 0 aromatic heterocycles. The fraction of sp³-hybridized carbons (Fsp3) is 0.316. The highest BCUT2D eigenvalue weighted by atomic mass is 35.5. The van der Waals surface area contributed by atoms with Gasteiger partial charge < -0.3 is 5.11 Å². The maximum atomic E-state index is 12.6. The highest BCUT2D eigenvalue weighted by molar-refractivity contribution is 7.92. The van der Waals surface area contributed by atoms with Gasteiger partial charge in [0.15, 0.2) is 15.1 Å². The number of carboxylic acid groups (broad SMARTS) is 1. The molecule has 0 aliphatic carbocycles. The zero-order valence-electron chi connectivity index (χ0n) is 14.0. The number of carboxylic acids is 1. The van der Waals surface area contributed by atoms with Crippen molar-refractivity contribution in [3.05, 3.63) is 64.7 Å². The average Bonchev–Trinajstić information content (AvgIpc) is 2.56. The molecule has 0 bridgehead atoms. The first-order valence-corrected chi connectivity index (χ1v) is 10.0. The standard InChI is InChI=1S/C19H21ClO4S/c1-14-6-12-17(13-7-14)25(23,24)18(19(21)22)5-3-2-4-15-8-10-16(20)11-9-15/h6-13,18H,2-5H2,1H3,(H,21,22). The molecule has 6 heteroatoms. The summed E-state index contributed by atoms with van der Waals surface area (Å²) < 4.78 is 25.2. The van der Waals surface area contributed by atoms with Gasteiger partial charge in [-0.25, -0.2) is 8.42 Å². The molecule has 0 saturated carbocycles. The first-order chi connectivity index (χ1) is 11.8. The fourth-order valence-electron chi connectivity index (χ4n) is 2.61. The van der Waals surface area contributed by atoms with Crippen LogP contribution >= 0.6 is 11.6 Å². The molecule has 134 valence electrons. The van der Waals surface area contributed by atoms with Crippen molar-refractivity contribution in [3.63, 3.8) is 0 Å². The van der Waals surface area contributed by atoms with Crippen LogP contribution in [-0.2, 0) is 21.1 Å². The highest BCUT2D eigenvalue weighted by Crippen LogP contribution is 2.22. The molecule has 0 amide bonds. The van der Waals surface area contributed by atoms with Crippen LogP contribution in [0.4, 0.5) is 0 Å². The zero-order chi connectivity index (χ0) is 18.4. The van der Waals surface area contributed by atoms with Gasteiger partial charge >= 0.3 is 5.97 Å². The smallest absolute Gasteiger partial charge is 0.322 e. The Kier molecular flexibility index (Phi) is 6.62. The summed E-state index contributed by atoms with van der Waals surface area (Å²) in [7, 11) is -3.88. The molecule has 0 saturated heterocycles. The van der Waals surface area contributed by atoms with E-state index < -0.39 is 21.1 Å². The third-order valence-electron chi connectivity index (χ3n) is 4.09. The molecular formula is C19H21ClO4S. The summed E-state index contributed by atoms with van der Waals surface area (Å²) in [6.07, 6.45) is 2.09. The number of unbranched alkanes of at least 4 members (excludes halogenated alkanes) is 1. The monoisotopic (exact) mass is 380 g/mol. The molecule has 4 nitrogen and oxygen atoms in total. The quantitative estimate of drug-likeness (QED) is 0.693. The Morgan fingerprint density at radius 1 is 1.04 bits per heavy atom. The molecule has 1 atom stereocenters. The van der Waals surface area contributed by atoms with Crippen LogP contribution in [0.25, 0.3) is 0 Å². The van der Waals surface area contributed by atoms with Gasteiger partial charge in [-0.2, -0.15) is 0 Å². The van der Waals surface area contributed by atoms with Crippen molar-refractivity contribution in [2.24, 2.45) is 0 Å². The average molecular weight is 381 g/mol. The van der Waals surface area contributed by atoms with Crippen LogP contribution in [0.5, 0.6) is 0 Å². The summed E-state index contributed by atoms with van der Waals surface area (Å²) in [5.41, 5.74) is 2.02. The number of benzene rings is 2. The second kappa shape index (κ2) is 8.50. The predicted octanol–water partition coefficient (Wildman–Crippen LogP) is 4.29. The van der Waals surface area contributed by atoms with Gasteiger partial charge in [-0.3, -0.25) is 4.79 Å². The third kappa shape index (κ3) is 5.31. The summed E-state index contributed by atoms with van der Waals surface area (Å²) in [4.78, 5) is 11.6. The minimum absolute atomic E-state index is 0.0585. The number of sulfone groups is 1. The van der Waals surface area contributed by atoms with Crippen LogP contribution in [0.15, 0.2) is 53.4 Å². The lowest BCUT2D eigenvalue weighted by Gasteiger charge is -2.14. The largest absolute Gasteiger partial charge is 0.480 e. The SMILES string of the molecule is Cc1ccc(S(=O)(=O)C(CCCCc2ccc(Cl)cc2)C(=O)O)cc1. The lowest BCUT2D eigenvalue weighted by atomic mass is 10.1. The zero-order valence-corrected chi connectivity index (χ0v) is 15.6. The van der Waals surface area contributed by atoms with Crippen molar-refractivity contribution in [3.8, 4) is 0 Å². The summed E-state index contributed by atoms with van der Waals surface area (Å²) >= 11 is 5.84. The van der Waals surface area contributed by atoms with Crippen LogP contribution in [0.3, 0.4) is 0 Å². The number of aliphatic carboxylic acids is 1. The summed E-state index contributed by atoms with van der Waals surface area (Å²) in [6.45, 7) is 1.85. The Morgan fingerprint density at radius 3 is 2.20 bits per heavy atom. The van der Waals surface area contributed by atoms with Gasteiger partial charge in [-0.1, -0.05) is 47.9 Å². The Balaban J connectivity index is 1.99. The van der Waals surface area contributed by atoms with E-state index in [2.05, 4.69) is 0 Å². The van der Waals surface area contributed by atoms with Crippen LogP contribution in [-0.4, -0.2) is 24.7 Å². The molecule has 0 heterocycles. The number of hydrogen-bond acceptors (Lipinski definition) is 3. The van der Waals surface area contributed by atoms with Gasteiger partial charge in [0, 0.05) is 5.02 Å². The highest BCUT2D eigenvalue weighted by Gasteiger charge is 2.33. The van der Waals surface area contributed by atoms with Gasteiger partial charge in [0.05, 0.1) is 4.90 Å². The Morgan fingerprint density at radius 2 is 1.64 bits per heavy atom. The lowest BCUT2D eigenvalue weighted by Crippen LogP contribution is -2.30. The van der Waals surface area contributed by atoms with E-state index in [1.807, 2.05) is 19.1 Å². The Hall–Kier alpha value is -1.85. The molecule has 2 aromatic rings. The molecule has 1 N–H and O–H groups in total. The van der Waals surface area contributed by atoms with Crippen molar-refractivity contribution in [1.82, 2.24) is 0 Å². The minimum Gasteiger partial charge on any atom is -0.480 e. The van der Waals surface area contributed by atoms with E-state index in [9.17, 15) is 18.3 Å². The van der Waals surface area contributed by atoms with Crippen molar-refractivity contribution in [2.45, 2.75) is 42.8 Å². The summed E-state index contributed by atoms with van der Waals surface area (Å²) in [6, 6.07) is 13.7. The molecular weight excluding hydrogens is 360 g/mol. The third-order valence-corrected chi connectivity index (χ3v) is 6.46. The van der Waals surface area contributed by atoms with E-state index in [0.717, 1.165) is 24.0 Å². The molecule has 0 aliphatic rings. The number of hydrogen-bond donors (Lipinski definition) is 1. The number of halogens is 1. The number of carbonyl (C=O) groups is 1. The normalized spacial score (nSPS) is 12.7. The maximum absolute atomic E-state index is 12.6. The molecule has 0 aliphatic heterocycles. The Bertz CT molecular complexity index is 812. The van der Waals surface area contributed by atoms with Crippen LogP contribution in [0, 0.1) is 6.92 Å². The van der Waals surface area contributed by atoms with E-state index in [-0.39, 0.29) is 11.3 Å². The van der Waals surface area contributed by atoms with Gasteiger partial charge in [-0.15, -0.1) is 0 Å². The number of rotatable bonds is 8. The van der Waals surface area contributed by atoms with E-state index in [1.54, 1.807) is 24.3 Å². The second-order valence-corrected chi connectivity index (χ2v) is 8.62. The van der Waals surface area contributed by atoms with Gasteiger partial charge in [0.1, 0.15) is 0 Å². The molecule has 1 unspecified atom stereocenters. The molecule has 2 rings (SSSR count). The van der Waals surface area contributed by atoms with E-state index in [0.29, 0.717) is 11.4 Å². The lowest BCUT2D eigenvalue weighted by molar-refractivity contribution is -0.136. The molecule has 0 radical (unpaired) electrons. The predicted molar refractivity (Wildman–Crippen MR) is 98.8 cm³/mol. The summed E-state index contributed by atoms with van der Waals surface area (Å²) in [5, 5.41) is 8.63. The summed E-state index contributed by atoms with van der Waals surface area (Å²) in [5.74, 6) is -1.30. The van der Waals surface area contributed by atoms with Gasteiger partial charge in [0.2, 0.25) is 0 Å². The van der Waals surface area contributed by atoms with Crippen LogP contribution in [0.1, 0.15) is 30.4 Å². The topological polar surface area (TPSA) is 71.4 Å². The molecule has 2 aromatic carbocycles.